The van der Waals surface area contributed by atoms with Crippen LogP contribution in [0.2, 0.25) is 0 Å². The third-order valence-corrected chi connectivity index (χ3v) is 4.57. The van der Waals surface area contributed by atoms with Gasteiger partial charge < -0.3 is 14.8 Å². The maximum absolute atomic E-state index is 12.3. The maximum Gasteiger partial charge on any atom is 0.262 e. The van der Waals surface area contributed by atoms with Gasteiger partial charge in [-0.2, -0.15) is 5.10 Å². The van der Waals surface area contributed by atoms with Crippen LogP contribution in [-0.2, 0) is 4.79 Å². The quantitative estimate of drug-likeness (QED) is 0.425. The molecule has 30 heavy (non-hydrogen) atoms. The molecule has 1 unspecified atom stereocenters. The first-order valence-electron chi connectivity index (χ1n) is 9.63. The Kier molecular flexibility index (Phi) is 8.86. The number of carbonyl (C=O) groups is 2. The number of hydrogen-bond donors (Lipinski definition) is 2. The zero-order valence-corrected chi connectivity index (χ0v) is 19.0. The Balaban J connectivity index is 1.97. The molecule has 1 atom stereocenters. The minimum absolute atomic E-state index is 0.0243. The molecule has 0 spiro atoms. The van der Waals surface area contributed by atoms with Crippen LogP contribution < -0.4 is 20.2 Å². The lowest BCUT2D eigenvalue weighted by molar-refractivity contribution is -0.122. The molecular weight excluding hydrogens is 450 g/mol. The van der Waals surface area contributed by atoms with E-state index in [4.69, 9.17) is 9.47 Å². The van der Waals surface area contributed by atoms with E-state index < -0.39 is 11.9 Å². The number of nitrogens with zero attached hydrogens (tertiary/aromatic N) is 1. The van der Waals surface area contributed by atoms with Gasteiger partial charge in [-0.15, -0.1) is 0 Å². The second-order valence-electron chi connectivity index (χ2n) is 6.72. The molecule has 160 valence electrons. The molecule has 0 saturated heterocycles. The van der Waals surface area contributed by atoms with Gasteiger partial charge in [0.15, 0.2) is 11.5 Å². The molecule has 0 heterocycles. The standard InChI is InChI=1S/C22H26BrN3O4/c1-5-29-20-12-16(10-11-19(20)30-14(2)3)13-24-26-21(27)15(4)25-22(28)17-8-6-7-9-18(17)23/h6-15H,5H2,1-4H3,(H,25,28)(H,26,27). The first-order valence-corrected chi connectivity index (χ1v) is 10.4. The highest BCUT2D eigenvalue weighted by Crippen LogP contribution is 2.28. The lowest BCUT2D eigenvalue weighted by Crippen LogP contribution is -2.43. The number of amides is 2. The van der Waals surface area contributed by atoms with Gasteiger partial charge in [0.25, 0.3) is 11.8 Å². The summed E-state index contributed by atoms with van der Waals surface area (Å²) in [7, 11) is 0. The summed E-state index contributed by atoms with van der Waals surface area (Å²) in [6.45, 7) is 7.86. The summed E-state index contributed by atoms with van der Waals surface area (Å²) in [6.07, 6.45) is 1.53. The van der Waals surface area contributed by atoms with E-state index in [-0.39, 0.29) is 12.0 Å². The van der Waals surface area contributed by atoms with Gasteiger partial charge >= 0.3 is 0 Å². The Hall–Kier alpha value is -2.87. The highest BCUT2D eigenvalue weighted by atomic mass is 79.9. The number of halogens is 1. The van der Waals surface area contributed by atoms with Crippen LogP contribution >= 0.6 is 15.9 Å². The Morgan fingerprint density at radius 1 is 1.13 bits per heavy atom. The summed E-state index contributed by atoms with van der Waals surface area (Å²) in [5.74, 6) is 0.472. The molecule has 0 aromatic heterocycles. The molecule has 0 fully saturated rings. The van der Waals surface area contributed by atoms with E-state index in [1.165, 1.54) is 6.21 Å². The molecule has 0 aliphatic heterocycles. The van der Waals surface area contributed by atoms with E-state index in [9.17, 15) is 9.59 Å². The summed E-state index contributed by atoms with van der Waals surface area (Å²) < 4.78 is 12.0. The van der Waals surface area contributed by atoms with Crippen molar-refractivity contribution in [2.24, 2.45) is 5.10 Å². The second-order valence-corrected chi connectivity index (χ2v) is 7.57. The lowest BCUT2D eigenvalue weighted by atomic mass is 10.2. The van der Waals surface area contributed by atoms with Crippen molar-refractivity contribution in [3.05, 3.63) is 58.1 Å². The smallest absolute Gasteiger partial charge is 0.262 e. The van der Waals surface area contributed by atoms with E-state index in [1.54, 1.807) is 37.3 Å². The molecule has 2 amide bonds. The first-order chi connectivity index (χ1) is 14.3. The first kappa shape index (κ1) is 23.4. The molecule has 7 nitrogen and oxygen atoms in total. The fourth-order valence-corrected chi connectivity index (χ4v) is 2.94. The van der Waals surface area contributed by atoms with E-state index in [1.807, 2.05) is 32.9 Å². The van der Waals surface area contributed by atoms with Crippen molar-refractivity contribution in [2.75, 3.05) is 6.61 Å². The van der Waals surface area contributed by atoms with E-state index in [0.717, 1.165) is 5.56 Å². The van der Waals surface area contributed by atoms with Crippen LogP contribution in [0, 0.1) is 0 Å². The van der Waals surface area contributed by atoms with Crippen LogP contribution in [0.1, 0.15) is 43.6 Å². The van der Waals surface area contributed by atoms with Gasteiger partial charge in [-0.25, -0.2) is 5.43 Å². The summed E-state index contributed by atoms with van der Waals surface area (Å²) in [5, 5.41) is 6.62. The van der Waals surface area contributed by atoms with Crippen molar-refractivity contribution in [1.82, 2.24) is 10.7 Å². The van der Waals surface area contributed by atoms with Crippen LogP contribution in [-0.4, -0.2) is 36.8 Å². The molecule has 2 N–H and O–H groups in total. The molecular formula is C22H26BrN3O4. The van der Waals surface area contributed by atoms with Gasteiger partial charge in [0.05, 0.1) is 24.5 Å². The van der Waals surface area contributed by atoms with Crippen molar-refractivity contribution in [1.29, 1.82) is 0 Å². The van der Waals surface area contributed by atoms with Crippen molar-refractivity contribution < 1.29 is 19.1 Å². The molecule has 0 radical (unpaired) electrons. The predicted molar refractivity (Wildman–Crippen MR) is 120 cm³/mol. The average Bonchev–Trinajstić information content (AvgIpc) is 2.69. The Labute approximate surface area is 185 Å². The topological polar surface area (TPSA) is 89.0 Å². The van der Waals surface area contributed by atoms with Crippen LogP contribution in [0.5, 0.6) is 11.5 Å². The molecule has 2 rings (SSSR count). The van der Waals surface area contributed by atoms with Gasteiger partial charge in [0.1, 0.15) is 6.04 Å². The van der Waals surface area contributed by atoms with Crippen LogP contribution in [0.15, 0.2) is 52.0 Å². The number of benzene rings is 2. The largest absolute Gasteiger partial charge is 0.490 e. The van der Waals surface area contributed by atoms with Gasteiger partial charge in [0.2, 0.25) is 0 Å². The minimum atomic E-state index is -0.762. The van der Waals surface area contributed by atoms with Gasteiger partial charge in [-0.05, 0) is 79.5 Å². The second kappa shape index (κ2) is 11.3. The molecule has 8 heteroatoms. The number of nitrogens with one attached hydrogen (secondary N) is 2. The van der Waals surface area contributed by atoms with Crippen molar-refractivity contribution in [3.8, 4) is 11.5 Å². The Morgan fingerprint density at radius 2 is 1.87 bits per heavy atom. The van der Waals surface area contributed by atoms with Crippen LogP contribution in [0.4, 0.5) is 0 Å². The Morgan fingerprint density at radius 3 is 2.53 bits per heavy atom. The number of carbonyl (C=O) groups excluding carboxylic acids is 2. The van der Waals surface area contributed by atoms with Gasteiger partial charge in [-0.1, -0.05) is 12.1 Å². The molecule has 0 aliphatic carbocycles. The third kappa shape index (κ3) is 6.88. The van der Waals surface area contributed by atoms with Crippen molar-refractivity contribution in [2.45, 2.75) is 39.8 Å². The maximum atomic E-state index is 12.3. The fourth-order valence-electron chi connectivity index (χ4n) is 2.48. The van der Waals surface area contributed by atoms with Crippen LogP contribution in [0.3, 0.4) is 0 Å². The zero-order valence-electron chi connectivity index (χ0n) is 17.4. The molecule has 2 aromatic carbocycles. The van der Waals surface area contributed by atoms with Crippen molar-refractivity contribution in [3.63, 3.8) is 0 Å². The fraction of sp³-hybridized carbons (Fsp3) is 0.318. The SMILES string of the molecule is CCOc1cc(C=NNC(=O)C(C)NC(=O)c2ccccc2Br)ccc1OC(C)C. The lowest BCUT2D eigenvalue weighted by Gasteiger charge is -2.15. The summed E-state index contributed by atoms with van der Waals surface area (Å²) in [5.41, 5.74) is 3.62. The highest BCUT2D eigenvalue weighted by molar-refractivity contribution is 9.10. The number of ether oxygens (including phenoxy) is 2. The number of rotatable bonds is 9. The summed E-state index contributed by atoms with van der Waals surface area (Å²) in [6, 6.07) is 11.6. The van der Waals surface area contributed by atoms with Gasteiger partial charge in [-0.3, -0.25) is 9.59 Å². The van der Waals surface area contributed by atoms with Gasteiger partial charge in [0, 0.05) is 4.47 Å². The van der Waals surface area contributed by atoms with E-state index >= 15 is 0 Å². The number of hydrazone groups is 1. The van der Waals surface area contributed by atoms with E-state index in [2.05, 4.69) is 31.8 Å². The summed E-state index contributed by atoms with van der Waals surface area (Å²) >= 11 is 3.32. The average molecular weight is 476 g/mol. The van der Waals surface area contributed by atoms with Crippen molar-refractivity contribution >= 4 is 34.0 Å². The monoisotopic (exact) mass is 475 g/mol. The minimum Gasteiger partial charge on any atom is -0.490 e. The predicted octanol–water partition coefficient (Wildman–Crippen LogP) is 3.90. The molecule has 2 aromatic rings. The zero-order chi connectivity index (χ0) is 22.1. The summed E-state index contributed by atoms with van der Waals surface area (Å²) in [4.78, 5) is 24.5. The number of hydrogen-bond acceptors (Lipinski definition) is 5. The van der Waals surface area contributed by atoms with Crippen LogP contribution in [0.25, 0.3) is 0 Å². The highest BCUT2D eigenvalue weighted by Gasteiger charge is 2.17. The normalized spacial score (nSPS) is 11.9. The molecule has 0 bridgehead atoms. The molecule has 0 saturated carbocycles. The molecule has 0 aliphatic rings. The Bertz CT molecular complexity index is 915. The third-order valence-electron chi connectivity index (χ3n) is 3.88. The van der Waals surface area contributed by atoms with E-state index in [0.29, 0.717) is 28.1 Å².